The Kier molecular flexibility index (Phi) is 6.74. The summed E-state index contributed by atoms with van der Waals surface area (Å²) in [4.78, 5) is 25.9. The van der Waals surface area contributed by atoms with Crippen molar-refractivity contribution in [3.63, 3.8) is 0 Å². The number of nitrogens with one attached hydrogen (secondary N) is 1. The zero-order valence-electron chi connectivity index (χ0n) is 18.7. The van der Waals surface area contributed by atoms with Crippen LogP contribution in [0, 0.1) is 11.3 Å². The van der Waals surface area contributed by atoms with E-state index in [0.29, 0.717) is 28.0 Å². The third-order valence-corrected chi connectivity index (χ3v) is 6.98. The number of carbonyl (C=O) groups excluding carboxylic acids is 2. The van der Waals surface area contributed by atoms with Crippen molar-refractivity contribution >= 4 is 34.2 Å². The fourth-order valence-corrected chi connectivity index (χ4v) is 5.29. The molecule has 2 aromatic rings. The molecule has 0 spiro atoms. The van der Waals surface area contributed by atoms with Crippen molar-refractivity contribution in [1.82, 2.24) is 0 Å². The summed E-state index contributed by atoms with van der Waals surface area (Å²) in [7, 11) is 3.13. The Bertz CT molecular complexity index is 1020. The van der Waals surface area contributed by atoms with Gasteiger partial charge in [-0.15, -0.1) is 11.3 Å². The number of carbonyl (C=O) groups is 2. The normalized spacial score (nSPS) is 16.1. The number of nitrogens with two attached hydrogens (primary N) is 1. The van der Waals surface area contributed by atoms with Gasteiger partial charge in [0.1, 0.15) is 5.00 Å². The number of anilines is 1. The molecular weight excluding hydrogens is 412 g/mol. The lowest BCUT2D eigenvalue weighted by Crippen LogP contribution is -2.27. The highest BCUT2D eigenvalue weighted by Gasteiger charge is 2.33. The van der Waals surface area contributed by atoms with Crippen molar-refractivity contribution in [3.8, 4) is 11.5 Å². The fraction of sp³-hybridized carbons (Fsp3) is 0.417. The molecule has 7 heteroatoms. The Hall–Kier alpha value is -2.80. The molecule has 1 aromatic heterocycles. The number of thiophene rings is 1. The topological polar surface area (TPSA) is 90.6 Å². The van der Waals surface area contributed by atoms with Crippen molar-refractivity contribution in [1.29, 1.82) is 0 Å². The number of benzene rings is 1. The standard InChI is InChI=1S/C24H30N2O4S/c1-24(2,3)15-8-9-16-19(13-15)31-23(21(16)22(25)28)26-20(27)11-7-14-6-10-17(29-4)18(12-14)30-5/h6-7,10-12,15H,8-9,13H2,1-5H3,(H2,25,28)(H,26,27)/b11-7+. The van der Waals surface area contributed by atoms with Crippen molar-refractivity contribution in [3.05, 3.63) is 45.8 Å². The van der Waals surface area contributed by atoms with Gasteiger partial charge in [0.15, 0.2) is 11.5 Å². The predicted octanol–water partition coefficient (Wildman–Crippen LogP) is 4.67. The van der Waals surface area contributed by atoms with Crippen LogP contribution in [0.2, 0.25) is 0 Å². The summed E-state index contributed by atoms with van der Waals surface area (Å²) in [5.74, 6) is 0.926. The zero-order chi connectivity index (χ0) is 22.8. The quantitative estimate of drug-likeness (QED) is 0.636. The van der Waals surface area contributed by atoms with E-state index in [2.05, 4.69) is 26.1 Å². The Morgan fingerprint density at radius 2 is 1.90 bits per heavy atom. The maximum Gasteiger partial charge on any atom is 0.251 e. The second-order valence-electron chi connectivity index (χ2n) is 8.81. The van der Waals surface area contributed by atoms with Crippen LogP contribution in [0.25, 0.3) is 6.08 Å². The highest BCUT2D eigenvalue weighted by molar-refractivity contribution is 7.17. The van der Waals surface area contributed by atoms with Gasteiger partial charge in [0.25, 0.3) is 5.91 Å². The molecule has 3 N–H and O–H groups in total. The first-order valence-electron chi connectivity index (χ1n) is 10.3. The first-order valence-corrected chi connectivity index (χ1v) is 11.1. The molecule has 1 aromatic carbocycles. The van der Waals surface area contributed by atoms with Gasteiger partial charge in [-0.1, -0.05) is 26.8 Å². The average molecular weight is 443 g/mol. The Morgan fingerprint density at radius 3 is 2.52 bits per heavy atom. The highest BCUT2D eigenvalue weighted by Crippen LogP contribution is 2.44. The number of amides is 2. The van der Waals surface area contributed by atoms with Gasteiger partial charge >= 0.3 is 0 Å². The molecule has 0 saturated carbocycles. The van der Waals surface area contributed by atoms with Gasteiger partial charge in [0.2, 0.25) is 5.91 Å². The molecule has 31 heavy (non-hydrogen) atoms. The average Bonchev–Trinajstić information content (AvgIpc) is 3.08. The molecule has 1 aliphatic carbocycles. The lowest BCUT2D eigenvalue weighted by atomic mass is 9.72. The van der Waals surface area contributed by atoms with E-state index in [0.717, 1.165) is 35.3 Å². The van der Waals surface area contributed by atoms with E-state index in [9.17, 15) is 9.59 Å². The third kappa shape index (κ3) is 5.10. The third-order valence-electron chi connectivity index (χ3n) is 5.81. The molecule has 166 valence electrons. The van der Waals surface area contributed by atoms with Gasteiger partial charge in [0, 0.05) is 11.0 Å². The van der Waals surface area contributed by atoms with E-state index >= 15 is 0 Å². The zero-order valence-corrected chi connectivity index (χ0v) is 19.5. The van der Waals surface area contributed by atoms with Crippen LogP contribution in [0.3, 0.4) is 0 Å². The second-order valence-corrected chi connectivity index (χ2v) is 9.92. The predicted molar refractivity (Wildman–Crippen MR) is 125 cm³/mol. The number of hydrogen-bond acceptors (Lipinski definition) is 5. The van der Waals surface area contributed by atoms with E-state index < -0.39 is 5.91 Å². The molecule has 0 bridgehead atoms. The van der Waals surface area contributed by atoms with Crippen LogP contribution in [-0.4, -0.2) is 26.0 Å². The molecule has 6 nitrogen and oxygen atoms in total. The minimum Gasteiger partial charge on any atom is -0.493 e. The van der Waals surface area contributed by atoms with Gasteiger partial charge in [-0.25, -0.2) is 0 Å². The van der Waals surface area contributed by atoms with Crippen LogP contribution in [0.15, 0.2) is 24.3 Å². The summed E-state index contributed by atoms with van der Waals surface area (Å²) >= 11 is 1.47. The van der Waals surface area contributed by atoms with E-state index in [1.165, 1.54) is 17.4 Å². The van der Waals surface area contributed by atoms with Crippen LogP contribution in [0.4, 0.5) is 5.00 Å². The van der Waals surface area contributed by atoms with Gasteiger partial charge < -0.3 is 20.5 Å². The molecule has 1 atom stereocenters. The molecule has 0 saturated heterocycles. The molecular formula is C24H30N2O4S. The van der Waals surface area contributed by atoms with Gasteiger partial charge in [-0.05, 0) is 59.9 Å². The Balaban J connectivity index is 1.79. The SMILES string of the molecule is COc1ccc(/C=C/C(=O)Nc2sc3c(c2C(N)=O)CCC(C(C)(C)C)C3)cc1OC. The molecule has 1 aliphatic rings. The number of methoxy groups -OCH3 is 2. The maximum atomic E-state index is 12.6. The lowest BCUT2D eigenvalue weighted by molar-refractivity contribution is -0.111. The number of ether oxygens (including phenoxy) is 2. The number of fused-ring (bicyclic) bond motifs is 1. The first-order chi connectivity index (χ1) is 14.6. The van der Waals surface area contributed by atoms with Crippen molar-refractivity contribution in [2.75, 3.05) is 19.5 Å². The maximum absolute atomic E-state index is 12.6. The smallest absolute Gasteiger partial charge is 0.251 e. The first kappa shape index (κ1) is 22.9. The van der Waals surface area contributed by atoms with Crippen molar-refractivity contribution in [2.45, 2.75) is 40.0 Å². The van der Waals surface area contributed by atoms with E-state index in [-0.39, 0.29) is 11.3 Å². The minimum atomic E-state index is -0.495. The monoisotopic (exact) mass is 442 g/mol. The van der Waals surface area contributed by atoms with Crippen molar-refractivity contribution in [2.24, 2.45) is 17.1 Å². The van der Waals surface area contributed by atoms with Crippen LogP contribution < -0.4 is 20.5 Å². The summed E-state index contributed by atoms with van der Waals surface area (Å²) < 4.78 is 10.5. The van der Waals surface area contributed by atoms with Crippen LogP contribution in [-0.2, 0) is 17.6 Å². The number of hydrogen-bond donors (Lipinski definition) is 2. The van der Waals surface area contributed by atoms with Crippen LogP contribution in [0.5, 0.6) is 11.5 Å². The van der Waals surface area contributed by atoms with Gasteiger partial charge in [-0.2, -0.15) is 0 Å². The van der Waals surface area contributed by atoms with E-state index in [1.54, 1.807) is 32.4 Å². The van der Waals surface area contributed by atoms with Crippen LogP contribution >= 0.6 is 11.3 Å². The summed E-state index contributed by atoms with van der Waals surface area (Å²) in [5.41, 5.74) is 8.12. The summed E-state index contributed by atoms with van der Waals surface area (Å²) in [6.45, 7) is 6.73. The van der Waals surface area contributed by atoms with Gasteiger partial charge in [0.05, 0.1) is 19.8 Å². The summed E-state index contributed by atoms with van der Waals surface area (Å²) in [5, 5.41) is 3.40. The van der Waals surface area contributed by atoms with E-state index in [4.69, 9.17) is 15.2 Å². The molecule has 1 heterocycles. The second kappa shape index (κ2) is 9.14. The number of rotatable bonds is 6. The van der Waals surface area contributed by atoms with Crippen LogP contribution in [0.1, 0.15) is 53.6 Å². The minimum absolute atomic E-state index is 0.195. The largest absolute Gasteiger partial charge is 0.493 e. The van der Waals surface area contributed by atoms with Gasteiger partial charge in [-0.3, -0.25) is 9.59 Å². The highest BCUT2D eigenvalue weighted by atomic mass is 32.1. The Labute approximate surface area is 187 Å². The van der Waals surface area contributed by atoms with Crippen molar-refractivity contribution < 1.29 is 19.1 Å². The molecule has 0 fully saturated rings. The van der Waals surface area contributed by atoms with E-state index in [1.807, 2.05) is 6.07 Å². The molecule has 3 rings (SSSR count). The lowest BCUT2D eigenvalue weighted by Gasteiger charge is -2.33. The molecule has 2 amide bonds. The summed E-state index contributed by atoms with van der Waals surface area (Å²) in [6, 6.07) is 5.39. The molecule has 0 radical (unpaired) electrons. The number of primary amides is 1. The molecule has 1 unspecified atom stereocenters. The summed E-state index contributed by atoms with van der Waals surface area (Å²) in [6.07, 6.45) is 5.84. The molecule has 0 aliphatic heterocycles. The Morgan fingerprint density at radius 1 is 1.19 bits per heavy atom. The fourth-order valence-electron chi connectivity index (χ4n) is 3.96.